The maximum Gasteiger partial charge on any atom is 0.240 e. The van der Waals surface area contributed by atoms with Gasteiger partial charge >= 0.3 is 0 Å². The Morgan fingerprint density at radius 3 is 2.85 bits per heavy atom. The highest BCUT2D eigenvalue weighted by Gasteiger charge is 2.07. The highest BCUT2D eigenvalue weighted by Crippen LogP contribution is 2.07. The molecule has 0 fully saturated rings. The average Bonchev–Trinajstić information content (AvgIpc) is 2.88. The molecule has 1 atom stereocenters. The number of aromatic nitrogens is 2. The standard InChI is InChI=1S/C15H21N3OS/c1-12(11-20-2)9-16-10-15-17-14(18-19-15)8-13-6-4-3-5-7-13/h3-7,12,16H,8-11H2,1-2H3. The van der Waals surface area contributed by atoms with Crippen molar-refractivity contribution in [3.05, 3.63) is 47.6 Å². The van der Waals surface area contributed by atoms with E-state index in [1.54, 1.807) is 0 Å². The largest absolute Gasteiger partial charge is 0.338 e. The van der Waals surface area contributed by atoms with E-state index in [1.165, 1.54) is 5.56 Å². The van der Waals surface area contributed by atoms with Gasteiger partial charge in [-0.2, -0.15) is 16.7 Å². The molecule has 0 bridgehead atoms. The van der Waals surface area contributed by atoms with Gasteiger partial charge in [-0.1, -0.05) is 42.4 Å². The zero-order chi connectivity index (χ0) is 14.2. The van der Waals surface area contributed by atoms with Gasteiger partial charge in [0.15, 0.2) is 5.82 Å². The van der Waals surface area contributed by atoms with Crippen molar-refractivity contribution in [2.75, 3.05) is 18.6 Å². The third-order valence-electron chi connectivity index (χ3n) is 2.94. The molecule has 1 heterocycles. The number of nitrogens with one attached hydrogen (secondary N) is 1. The van der Waals surface area contributed by atoms with E-state index in [1.807, 2.05) is 30.0 Å². The molecule has 0 aliphatic heterocycles. The summed E-state index contributed by atoms with van der Waals surface area (Å²) < 4.78 is 5.25. The normalized spacial score (nSPS) is 12.5. The van der Waals surface area contributed by atoms with Crippen LogP contribution in [0.2, 0.25) is 0 Å². The lowest BCUT2D eigenvalue weighted by molar-refractivity contribution is 0.360. The summed E-state index contributed by atoms with van der Waals surface area (Å²) in [5, 5.41) is 7.37. The summed E-state index contributed by atoms with van der Waals surface area (Å²) in [6.45, 7) is 3.84. The van der Waals surface area contributed by atoms with Crippen molar-refractivity contribution < 1.29 is 4.52 Å². The zero-order valence-electron chi connectivity index (χ0n) is 12.0. The molecule has 1 N–H and O–H groups in total. The van der Waals surface area contributed by atoms with Gasteiger partial charge in [0, 0.05) is 6.42 Å². The van der Waals surface area contributed by atoms with E-state index in [4.69, 9.17) is 4.52 Å². The summed E-state index contributed by atoms with van der Waals surface area (Å²) in [4.78, 5) is 4.40. The fourth-order valence-corrected chi connectivity index (χ4v) is 2.67. The molecule has 0 saturated carbocycles. The van der Waals surface area contributed by atoms with Gasteiger partial charge in [-0.3, -0.25) is 0 Å². The molecule has 5 heteroatoms. The molecule has 0 aliphatic carbocycles. The molecular formula is C15H21N3OS. The van der Waals surface area contributed by atoms with Gasteiger partial charge in [0.25, 0.3) is 0 Å². The maximum atomic E-state index is 5.25. The Balaban J connectivity index is 1.78. The summed E-state index contributed by atoms with van der Waals surface area (Å²) in [5.74, 6) is 3.21. The van der Waals surface area contributed by atoms with Gasteiger partial charge in [0.1, 0.15) is 0 Å². The lowest BCUT2D eigenvalue weighted by Crippen LogP contribution is -2.22. The second kappa shape index (κ2) is 8.07. The first-order valence-corrected chi connectivity index (χ1v) is 8.22. The number of rotatable bonds is 8. The molecule has 4 nitrogen and oxygen atoms in total. The molecule has 1 aromatic heterocycles. The highest BCUT2D eigenvalue weighted by atomic mass is 32.2. The monoisotopic (exact) mass is 291 g/mol. The van der Waals surface area contributed by atoms with Crippen molar-refractivity contribution in [2.45, 2.75) is 19.9 Å². The van der Waals surface area contributed by atoms with E-state index in [9.17, 15) is 0 Å². The van der Waals surface area contributed by atoms with Crippen molar-refractivity contribution in [1.82, 2.24) is 15.5 Å². The minimum Gasteiger partial charge on any atom is -0.338 e. The van der Waals surface area contributed by atoms with Gasteiger partial charge in [-0.05, 0) is 30.0 Å². The maximum absolute atomic E-state index is 5.25. The van der Waals surface area contributed by atoms with Crippen molar-refractivity contribution in [1.29, 1.82) is 0 Å². The van der Waals surface area contributed by atoms with E-state index in [0.717, 1.165) is 18.1 Å². The van der Waals surface area contributed by atoms with Crippen LogP contribution in [0.4, 0.5) is 0 Å². The highest BCUT2D eigenvalue weighted by molar-refractivity contribution is 7.98. The van der Waals surface area contributed by atoms with Crippen LogP contribution in [0.25, 0.3) is 0 Å². The predicted molar refractivity (Wildman–Crippen MR) is 82.8 cm³/mol. The third kappa shape index (κ3) is 4.98. The first kappa shape index (κ1) is 15.1. The Labute approximate surface area is 124 Å². The summed E-state index contributed by atoms with van der Waals surface area (Å²) in [5.41, 5.74) is 1.20. The molecule has 0 radical (unpaired) electrons. The Morgan fingerprint density at radius 2 is 2.10 bits per heavy atom. The lowest BCUT2D eigenvalue weighted by atomic mass is 10.1. The van der Waals surface area contributed by atoms with Gasteiger partial charge in [0.2, 0.25) is 5.89 Å². The predicted octanol–water partition coefficient (Wildman–Crippen LogP) is 2.75. The Bertz CT molecular complexity index is 501. The molecule has 0 spiro atoms. The van der Waals surface area contributed by atoms with E-state index in [2.05, 4.69) is 40.8 Å². The van der Waals surface area contributed by atoms with Crippen LogP contribution >= 0.6 is 11.8 Å². The minimum absolute atomic E-state index is 0.639. The molecule has 2 rings (SSSR count). The second-order valence-corrected chi connectivity index (χ2v) is 5.87. The summed E-state index contributed by atoms with van der Waals surface area (Å²) in [7, 11) is 0. The first-order valence-electron chi connectivity index (χ1n) is 6.83. The topological polar surface area (TPSA) is 51.0 Å². The quantitative estimate of drug-likeness (QED) is 0.810. The number of hydrogen-bond donors (Lipinski definition) is 1. The van der Waals surface area contributed by atoms with Crippen LogP contribution in [0.1, 0.15) is 24.2 Å². The molecule has 0 aliphatic rings. The summed E-state index contributed by atoms with van der Waals surface area (Å²) >= 11 is 1.87. The number of nitrogens with zero attached hydrogens (tertiary/aromatic N) is 2. The van der Waals surface area contributed by atoms with E-state index in [0.29, 0.717) is 24.8 Å². The van der Waals surface area contributed by atoms with E-state index in [-0.39, 0.29) is 0 Å². The first-order chi connectivity index (χ1) is 9.78. The number of hydrogen-bond acceptors (Lipinski definition) is 5. The third-order valence-corrected chi connectivity index (χ3v) is 3.84. The van der Waals surface area contributed by atoms with Crippen LogP contribution in [-0.2, 0) is 13.0 Å². The Kier molecular flexibility index (Phi) is 6.08. The van der Waals surface area contributed by atoms with Crippen molar-refractivity contribution in [2.24, 2.45) is 5.92 Å². The average molecular weight is 291 g/mol. The molecular weight excluding hydrogens is 270 g/mol. The minimum atomic E-state index is 0.639. The van der Waals surface area contributed by atoms with Gasteiger partial charge in [0.05, 0.1) is 6.54 Å². The van der Waals surface area contributed by atoms with Crippen LogP contribution in [-0.4, -0.2) is 28.7 Å². The van der Waals surface area contributed by atoms with E-state index < -0.39 is 0 Å². The smallest absolute Gasteiger partial charge is 0.240 e. The van der Waals surface area contributed by atoms with Gasteiger partial charge in [-0.25, -0.2) is 0 Å². The van der Waals surface area contributed by atoms with Gasteiger partial charge < -0.3 is 9.84 Å². The fourth-order valence-electron chi connectivity index (χ4n) is 1.98. The van der Waals surface area contributed by atoms with Crippen molar-refractivity contribution in [3.63, 3.8) is 0 Å². The number of thioether (sulfide) groups is 1. The van der Waals surface area contributed by atoms with Crippen LogP contribution < -0.4 is 5.32 Å². The van der Waals surface area contributed by atoms with E-state index >= 15 is 0 Å². The SMILES string of the molecule is CSCC(C)CNCc1nc(Cc2ccccc2)no1. The molecule has 2 aromatic rings. The molecule has 1 unspecified atom stereocenters. The van der Waals surface area contributed by atoms with Crippen LogP contribution in [0.3, 0.4) is 0 Å². The Morgan fingerprint density at radius 1 is 1.30 bits per heavy atom. The fraction of sp³-hybridized carbons (Fsp3) is 0.467. The molecule has 20 heavy (non-hydrogen) atoms. The lowest BCUT2D eigenvalue weighted by Gasteiger charge is -2.09. The molecule has 0 saturated heterocycles. The van der Waals surface area contributed by atoms with Crippen LogP contribution in [0.15, 0.2) is 34.9 Å². The zero-order valence-corrected chi connectivity index (χ0v) is 12.8. The molecule has 1 aromatic carbocycles. The number of benzene rings is 1. The van der Waals surface area contributed by atoms with Crippen LogP contribution in [0, 0.1) is 5.92 Å². The molecule has 0 amide bonds. The second-order valence-electron chi connectivity index (χ2n) is 4.96. The summed E-state index contributed by atoms with van der Waals surface area (Å²) in [6.07, 6.45) is 2.84. The van der Waals surface area contributed by atoms with Crippen molar-refractivity contribution >= 4 is 11.8 Å². The van der Waals surface area contributed by atoms with Crippen LogP contribution in [0.5, 0.6) is 0 Å². The summed E-state index contributed by atoms with van der Waals surface area (Å²) in [6, 6.07) is 10.2. The van der Waals surface area contributed by atoms with Gasteiger partial charge in [-0.15, -0.1) is 0 Å². The van der Waals surface area contributed by atoms with Crippen molar-refractivity contribution in [3.8, 4) is 0 Å². The Hall–Kier alpha value is -1.33. The molecule has 108 valence electrons.